The Morgan fingerprint density at radius 2 is 1.78 bits per heavy atom. The summed E-state index contributed by atoms with van der Waals surface area (Å²) in [6.07, 6.45) is 3.30. The summed E-state index contributed by atoms with van der Waals surface area (Å²) in [4.78, 5) is 46.2. The molecule has 3 fully saturated rings. The maximum Gasteiger partial charge on any atom is 0.410 e. The first kappa shape index (κ1) is 34.7. The maximum absolute atomic E-state index is 14.2. The molecule has 1 aliphatic carbocycles. The summed E-state index contributed by atoms with van der Waals surface area (Å²) in [5.74, 6) is -1.31. The van der Waals surface area contributed by atoms with Crippen LogP contribution in [0.15, 0.2) is 54.7 Å². The van der Waals surface area contributed by atoms with Gasteiger partial charge in [-0.3, -0.25) is 14.6 Å². The molecule has 6 atom stereocenters. The highest BCUT2D eigenvalue weighted by molar-refractivity contribution is 5.84. The fourth-order valence-corrected chi connectivity index (χ4v) is 8.04. The van der Waals surface area contributed by atoms with E-state index in [1.165, 1.54) is 19.1 Å². The number of likely N-dealkylation sites (tertiary alicyclic amines) is 2. The van der Waals surface area contributed by atoms with E-state index in [0.717, 1.165) is 48.6 Å². The van der Waals surface area contributed by atoms with Crippen LogP contribution in [0.1, 0.15) is 76.8 Å². The van der Waals surface area contributed by atoms with Gasteiger partial charge >= 0.3 is 18.2 Å². The number of carbonyl (C=O) groups excluding carboxylic acids is 3. The summed E-state index contributed by atoms with van der Waals surface area (Å²) in [6.45, 7) is 7.05. The molecule has 6 rings (SSSR count). The van der Waals surface area contributed by atoms with E-state index in [1.54, 1.807) is 31.7 Å². The van der Waals surface area contributed by atoms with E-state index in [-0.39, 0.29) is 31.4 Å². The van der Waals surface area contributed by atoms with Crippen LogP contribution in [0.5, 0.6) is 0 Å². The molecule has 3 N–H and O–H groups in total. The van der Waals surface area contributed by atoms with Crippen molar-refractivity contribution in [2.24, 2.45) is 5.92 Å². The molecule has 2 saturated heterocycles. The second kappa shape index (κ2) is 14.4. The van der Waals surface area contributed by atoms with E-state index in [4.69, 9.17) is 14.2 Å². The number of amides is 2. The molecule has 1 saturated carbocycles. The lowest BCUT2D eigenvalue weighted by Crippen LogP contribution is -2.58. The van der Waals surface area contributed by atoms with Crippen LogP contribution >= 0.6 is 0 Å². The Morgan fingerprint density at radius 1 is 1.04 bits per heavy atom. The van der Waals surface area contributed by atoms with E-state index in [9.17, 15) is 23.9 Å². The van der Waals surface area contributed by atoms with Crippen LogP contribution < -0.4 is 5.32 Å². The largest absolute Gasteiger partial charge is 0.459 e. The lowest BCUT2D eigenvalue weighted by atomic mass is 9.82. The van der Waals surface area contributed by atoms with Gasteiger partial charge in [-0.1, -0.05) is 49.6 Å². The number of carbonyl (C=O) groups is 3. The third-order valence-corrected chi connectivity index (χ3v) is 10.0. The zero-order chi connectivity index (χ0) is 34.9. The van der Waals surface area contributed by atoms with Gasteiger partial charge in [-0.2, -0.15) is 0 Å². The molecule has 12 heteroatoms. The van der Waals surface area contributed by atoms with Gasteiger partial charge in [0, 0.05) is 49.1 Å². The summed E-state index contributed by atoms with van der Waals surface area (Å²) in [6, 6.07) is 12.0. The van der Waals surface area contributed by atoms with Crippen molar-refractivity contribution < 1.29 is 38.1 Å². The summed E-state index contributed by atoms with van der Waals surface area (Å²) >= 11 is 0. The smallest absolute Gasteiger partial charge is 0.410 e. The minimum Gasteiger partial charge on any atom is -0.459 e. The number of rotatable bonds is 8. The fourth-order valence-electron chi connectivity index (χ4n) is 8.04. The van der Waals surface area contributed by atoms with Crippen molar-refractivity contribution >= 4 is 29.1 Å². The molecular formula is C37H47FN4O7. The van der Waals surface area contributed by atoms with Crippen molar-refractivity contribution in [1.82, 2.24) is 20.1 Å². The van der Waals surface area contributed by atoms with Crippen LogP contribution in [-0.4, -0.2) is 87.2 Å². The van der Waals surface area contributed by atoms with Gasteiger partial charge in [0.2, 0.25) is 0 Å². The number of alkyl carbamates (subject to hydrolysis) is 1. The standard InChI is InChI=1S/C37H47FN4O7/c1-22(43)48-30-20-41(34(44)31(24-13-9-6-10-14-24)40-35(45)49-37(2,3)4)32-28(27-18-39-29-17-25(38)15-16-26(27)29)19-42(33(30)32)36(46)47-21-23-11-7-5-8-12-23/h5,7-8,11-12,15-18,24,28,30-34,39,44H,6,9-10,13-14,19-21H2,1-4H3,(H,40,45). The number of hydrogen-bond acceptors (Lipinski definition) is 8. The first-order chi connectivity index (χ1) is 23.4. The Morgan fingerprint density at radius 3 is 2.47 bits per heavy atom. The molecule has 3 aromatic rings. The monoisotopic (exact) mass is 678 g/mol. The number of aromatic amines is 1. The van der Waals surface area contributed by atoms with E-state index in [1.807, 2.05) is 41.4 Å². The van der Waals surface area contributed by atoms with Gasteiger partial charge in [-0.25, -0.2) is 14.0 Å². The zero-order valence-corrected chi connectivity index (χ0v) is 28.6. The third kappa shape index (κ3) is 7.70. The van der Waals surface area contributed by atoms with Crippen LogP contribution in [0.2, 0.25) is 0 Å². The van der Waals surface area contributed by atoms with Crippen LogP contribution in [0, 0.1) is 11.7 Å². The third-order valence-electron chi connectivity index (χ3n) is 10.0. The number of nitrogens with one attached hydrogen (secondary N) is 2. The molecule has 0 spiro atoms. The second-order valence-corrected chi connectivity index (χ2v) is 14.5. The molecular weight excluding hydrogens is 631 g/mol. The highest BCUT2D eigenvalue weighted by Crippen LogP contribution is 2.46. The number of ether oxygens (including phenoxy) is 3. The number of nitrogens with zero attached hydrogens (tertiary/aromatic N) is 2. The van der Waals surface area contributed by atoms with Gasteiger partial charge in [0.25, 0.3) is 0 Å². The number of fused-ring (bicyclic) bond motifs is 2. The topological polar surface area (TPSA) is 133 Å². The second-order valence-electron chi connectivity index (χ2n) is 14.5. The summed E-state index contributed by atoms with van der Waals surface area (Å²) in [5.41, 5.74) is 1.52. The van der Waals surface area contributed by atoms with Gasteiger partial charge in [-0.15, -0.1) is 0 Å². The molecule has 6 unspecified atom stereocenters. The number of halogens is 1. The van der Waals surface area contributed by atoms with Gasteiger partial charge < -0.3 is 29.6 Å². The summed E-state index contributed by atoms with van der Waals surface area (Å²) in [5, 5.41) is 16.2. The minimum absolute atomic E-state index is 0.0228. The van der Waals surface area contributed by atoms with Crippen molar-refractivity contribution in [3.63, 3.8) is 0 Å². The highest BCUT2D eigenvalue weighted by atomic mass is 19.1. The van der Waals surface area contributed by atoms with Gasteiger partial charge in [0.15, 0.2) is 0 Å². The van der Waals surface area contributed by atoms with Crippen molar-refractivity contribution in [2.75, 3.05) is 13.1 Å². The molecule has 49 heavy (non-hydrogen) atoms. The maximum atomic E-state index is 14.2. The normalized spacial score (nSPS) is 24.3. The van der Waals surface area contributed by atoms with Crippen LogP contribution in [0.4, 0.5) is 14.0 Å². The number of aromatic nitrogens is 1. The molecule has 2 aromatic carbocycles. The summed E-state index contributed by atoms with van der Waals surface area (Å²) in [7, 11) is 0. The van der Waals surface area contributed by atoms with Crippen molar-refractivity contribution in [3.8, 4) is 0 Å². The molecule has 0 bridgehead atoms. The van der Waals surface area contributed by atoms with Gasteiger partial charge in [0.1, 0.15) is 30.4 Å². The van der Waals surface area contributed by atoms with Gasteiger partial charge in [-0.05, 0) is 68.9 Å². The quantitative estimate of drug-likeness (QED) is 0.201. The number of benzene rings is 2. The Bertz CT molecular complexity index is 1640. The number of esters is 1. The number of hydrogen-bond donors (Lipinski definition) is 3. The van der Waals surface area contributed by atoms with E-state index >= 15 is 0 Å². The first-order valence-electron chi connectivity index (χ1n) is 17.2. The SMILES string of the molecule is CC(=O)OC1CN(C(O)C(NC(=O)OC(C)(C)C)C2CCCCC2)C2C(c3c[nH]c4cc(F)ccc34)CN(C(=O)OCc3ccccc3)C12. The Balaban J connectivity index is 1.38. The van der Waals surface area contributed by atoms with E-state index < -0.39 is 60.1 Å². The highest BCUT2D eigenvalue weighted by Gasteiger charge is 2.59. The molecule has 2 aliphatic heterocycles. The van der Waals surface area contributed by atoms with Crippen LogP contribution in [-0.2, 0) is 25.6 Å². The average Bonchev–Trinajstić information content (AvgIpc) is 3.75. The lowest BCUT2D eigenvalue weighted by Gasteiger charge is -2.40. The minimum atomic E-state index is -1.20. The van der Waals surface area contributed by atoms with Crippen molar-refractivity contribution in [2.45, 2.75) is 108 Å². The molecule has 0 radical (unpaired) electrons. The predicted molar refractivity (Wildman–Crippen MR) is 180 cm³/mol. The molecule has 1 aromatic heterocycles. The molecule has 264 valence electrons. The number of aliphatic hydroxyl groups is 1. The zero-order valence-electron chi connectivity index (χ0n) is 28.6. The molecule has 3 aliphatic rings. The van der Waals surface area contributed by atoms with Gasteiger partial charge in [0.05, 0.1) is 12.1 Å². The van der Waals surface area contributed by atoms with E-state index in [2.05, 4.69) is 10.3 Å². The Hall–Kier alpha value is -4.16. The molecule has 11 nitrogen and oxygen atoms in total. The summed E-state index contributed by atoms with van der Waals surface area (Å²) < 4.78 is 31.5. The van der Waals surface area contributed by atoms with Crippen LogP contribution in [0.25, 0.3) is 10.9 Å². The lowest BCUT2D eigenvalue weighted by molar-refractivity contribution is -0.148. The van der Waals surface area contributed by atoms with E-state index in [0.29, 0.717) is 5.52 Å². The fraction of sp³-hybridized carbons (Fsp3) is 0.541. The predicted octanol–water partition coefficient (Wildman–Crippen LogP) is 5.82. The molecule has 3 heterocycles. The van der Waals surface area contributed by atoms with Crippen LogP contribution in [0.3, 0.4) is 0 Å². The molecule has 2 amide bonds. The first-order valence-corrected chi connectivity index (χ1v) is 17.2. The Kier molecular flexibility index (Phi) is 10.2. The van der Waals surface area contributed by atoms with Crippen molar-refractivity contribution in [3.05, 3.63) is 71.7 Å². The average molecular weight is 679 g/mol. The Labute approximate surface area is 286 Å². The van der Waals surface area contributed by atoms with Crippen molar-refractivity contribution in [1.29, 1.82) is 0 Å². The number of aliphatic hydroxyl groups excluding tert-OH is 1. The number of H-pyrrole nitrogens is 1.